The number of rotatable bonds is 9. The van der Waals surface area contributed by atoms with E-state index < -0.39 is 23.7 Å². The first kappa shape index (κ1) is 26.0. The number of hydrogen-bond donors (Lipinski definition) is 1. The molecule has 2 aromatic rings. The lowest BCUT2D eigenvalue weighted by atomic mass is 9.94. The SMILES string of the molecule is CCN(CC)CCN1C(=O)C(=O)/C(=C(/O)c2cc(C)ccc2OC)C1c1ccc(OC(C)=O)cc1. The number of ketones is 1. The number of hydrogen-bond acceptors (Lipinski definition) is 7. The van der Waals surface area contributed by atoms with Crippen molar-refractivity contribution in [2.45, 2.75) is 33.7 Å². The molecule has 1 aliphatic heterocycles. The number of likely N-dealkylation sites (N-methyl/N-ethyl adjacent to an activating group) is 1. The van der Waals surface area contributed by atoms with Crippen molar-refractivity contribution in [1.29, 1.82) is 0 Å². The van der Waals surface area contributed by atoms with Crippen molar-refractivity contribution in [1.82, 2.24) is 9.80 Å². The second kappa shape index (κ2) is 11.2. The zero-order valence-corrected chi connectivity index (χ0v) is 20.8. The molecule has 1 aliphatic rings. The standard InChI is InChI=1S/C27H32N2O6/c1-6-28(7-2)14-15-29-24(19-9-11-20(12-10-19)35-18(4)30)23(26(32)27(29)33)25(31)21-16-17(3)8-13-22(21)34-5/h8-13,16,24,31H,6-7,14-15H2,1-5H3/b25-23+. The summed E-state index contributed by atoms with van der Waals surface area (Å²) in [5, 5.41) is 11.4. The average molecular weight is 481 g/mol. The molecule has 35 heavy (non-hydrogen) atoms. The van der Waals surface area contributed by atoms with Gasteiger partial charge in [0.05, 0.1) is 24.3 Å². The highest BCUT2D eigenvalue weighted by molar-refractivity contribution is 6.46. The molecule has 186 valence electrons. The number of benzene rings is 2. The summed E-state index contributed by atoms with van der Waals surface area (Å²) in [6, 6.07) is 11.1. The fourth-order valence-electron chi connectivity index (χ4n) is 4.28. The van der Waals surface area contributed by atoms with Crippen LogP contribution in [0.3, 0.4) is 0 Å². The second-order valence-electron chi connectivity index (χ2n) is 8.39. The highest BCUT2D eigenvalue weighted by atomic mass is 16.5. The number of carbonyl (C=O) groups excluding carboxylic acids is 3. The number of ether oxygens (including phenoxy) is 2. The first-order valence-corrected chi connectivity index (χ1v) is 11.7. The van der Waals surface area contributed by atoms with Gasteiger partial charge in [0, 0.05) is 20.0 Å². The van der Waals surface area contributed by atoms with Crippen molar-refractivity contribution in [3.8, 4) is 11.5 Å². The lowest BCUT2D eigenvalue weighted by molar-refractivity contribution is -0.140. The van der Waals surface area contributed by atoms with Gasteiger partial charge in [0.1, 0.15) is 17.3 Å². The molecule has 0 saturated carbocycles. The summed E-state index contributed by atoms with van der Waals surface area (Å²) < 4.78 is 10.5. The molecule has 0 bridgehead atoms. The zero-order valence-electron chi connectivity index (χ0n) is 20.8. The van der Waals surface area contributed by atoms with E-state index in [1.165, 1.54) is 18.9 Å². The van der Waals surface area contributed by atoms with Gasteiger partial charge in [-0.3, -0.25) is 14.4 Å². The highest BCUT2D eigenvalue weighted by Crippen LogP contribution is 2.41. The van der Waals surface area contributed by atoms with Crippen molar-refractivity contribution >= 4 is 23.4 Å². The van der Waals surface area contributed by atoms with Crippen LogP contribution in [0.15, 0.2) is 48.0 Å². The van der Waals surface area contributed by atoms with Crippen molar-refractivity contribution in [2.24, 2.45) is 0 Å². The number of aryl methyl sites for hydroxylation is 1. The average Bonchev–Trinajstić information content (AvgIpc) is 3.09. The number of aliphatic hydroxyl groups excluding tert-OH is 1. The zero-order chi connectivity index (χ0) is 25.7. The van der Waals surface area contributed by atoms with E-state index in [1.807, 2.05) is 26.8 Å². The number of amides is 1. The first-order valence-electron chi connectivity index (χ1n) is 11.7. The first-order chi connectivity index (χ1) is 16.7. The van der Waals surface area contributed by atoms with Gasteiger partial charge in [-0.25, -0.2) is 0 Å². The molecule has 8 nitrogen and oxygen atoms in total. The summed E-state index contributed by atoms with van der Waals surface area (Å²) in [5.74, 6) is -1.41. The maximum atomic E-state index is 13.3. The van der Waals surface area contributed by atoms with Crippen LogP contribution in [-0.2, 0) is 14.4 Å². The third-order valence-electron chi connectivity index (χ3n) is 6.16. The fraction of sp³-hybridized carbons (Fsp3) is 0.370. The van der Waals surface area contributed by atoms with E-state index in [4.69, 9.17) is 9.47 Å². The molecule has 3 rings (SSSR count). The molecule has 1 amide bonds. The van der Waals surface area contributed by atoms with E-state index in [2.05, 4.69) is 4.90 Å². The Morgan fingerprint density at radius 1 is 1.09 bits per heavy atom. The molecule has 0 spiro atoms. The van der Waals surface area contributed by atoms with Crippen LogP contribution in [0.2, 0.25) is 0 Å². The second-order valence-corrected chi connectivity index (χ2v) is 8.39. The Labute approximate surface area is 205 Å². The number of likely N-dealkylation sites (tertiary alicyclic amines) is 1. The molecule has 8 heteroatoms. The lowest BCUT2D eigenvalue weighted by Crippen LogP contribution is -2.38. The monoisotopic (exact) mass is 480 g/mol. The minimum absolute atomic E-state index is 0.00122. The summed E-state index contributed by atoms with van der Waals surface area (Å²) in [5.41, 5.74) is 1.83. The van der Waals surface area contributed by atoms with Gasteiger partial charge in [0.25, 0.3) is 11.7 Å². The van der Waals surface area contributed by atoms with Crippen LogP contribution in [-0.4, -0.2) is 65.9 Å². The molecule has 0 radical (unpaired) electrons. The summed E-state index contributed by atoms with van der Waals surface area (Å²) in [6.45, 7) is 9.75. The van der Waals surface area contributed by atoms with Gasteiger partial charge in [-0.1, -0.05) is 37.6 Å². The van der Waals surface area contributed by atoms with E-state index in [-0.39, 0.29) is 11.3 Å². The quantitative estimate of drug-likeness (QED) is 0.192. The van der Waals surface area contributed by atoms with Crippen molar-refractivity contribution in [2.75, 3.05) is 33.3 Å². The number of nitrogens with zero attached hydrogens (tertiary/aromatic N) is 2. The van der Waals surface area contributed by atoms with Gasteiger partial charge in [0.2, 0.25) is 0 Å². The predicted octanol–water partition coefficient (Wildman–Crippen LogP) is 3.69. The topological polar surface area (TPSA) is 96.4 Å². The minimum atomic E-state index is -0.804. The maximum Gasteiger partial charge on any atom is 0.308 e. The number of Topliss-reactive ketones (excluding diaryl/α,β-unsaturated/α-hetero) is 1. The van der Waals surface area contributed by atoms with Crippen LogP contribution in [0.5, 0.6) is 11.5 Å². The van der Waals surface area contributed by atoms with Crippen LogP contribution < -0.4 is 9.47 Å². The Morgan fingerprint density at radius 2 is 1.74 bits per heavy atom. The maximum absolute atomic E-state index is 13.3. The third kappa shape index (κ3) is 5.54. The van der Waals surface area contributed by atoms with E-state index >= 15 is 0 Å². The van der Waals surface area contributed by atoms with Crippen LogP contribution in [0.1, 0.15) is 43.5 Å². The molecule has 1 atom stereocenters. The van der Waals surface area contributed by atoms with E-state index in [0.29, 0.717) is 35.7 Å². The number of aliphatic hydroxyl groups is 1. The molecule has 1 N–H and O–H groups in total. The number of carbonyl (C=O) groups is 3. The summed E-state index contributed by atoms with van der Waals surface area (Å²) in [7, 11) is 1.48. The van der Waals surface area contributed by atoms with Gasteiger partial charge in [-0.2, -0.15) is 0 Å². The van der Waals surface area contributed by atoms with Crippen LogP contribution in [0.25, 0.3) is 5.76 Å². The Bertz CT molecular complexity index is 1130. The van der Waals surface area contributed by atoms with Crippen LogP contribution >= 0.6 is 0 Å². The molecular formula is C27H32N2O6. The predicted molar refractivity (Wildman–Crippen MR) is 132 cm³/mol. The minimum Gasteiger partial charge on any atom is -0.507 e. The number of esters is 1. The van der Waals surface area contributed by atoms with Crippen molar-refractivity contribution in [3.63, 3.8) is 0 Å². The van der Waals surface area contributed by atoms with Crippen LogP contribution in [0, 0.1) is 6.92 Å². The van der Waals surface area contributed by atoms with Crippen molar-refractivity contribution in [3.05, 3.63) is 64.7 Å². The third-order valence-corrected chi connectivity index (χ3v) is 6.16. The van der Waals surface area contributed by atoms with Gasteiger partial charge in [0.15, 0.2) is 0 Å². The largest absolute Gasteiger partial charge is 0.507 e. The van der Waals surface area contributed by atoms with E-state index in [0.717, 1.165) is 18.7 Å². The summed E-state index contributed by atoms with van der Waals surface area (Å²) >= 11 is 0. The van der Waals surface area contributed by atoms with Gasteiger partial charge in [-0.05, 0) is 49.8 Å². The molecule has 1 heterocycles. The smallest absolute Gasteiger partial charge is 0.308 e. The molecule has 2 aromatic carbocycles. The lowest BCUT2D eigenvalue weighted by Gasteiger charge is -2.28. The highest BCUT2D eigenvalue weighted by Gasteiger charge is 2.46. The molecule has 0 aliphatic carbocycles. The Kier molecular flexibility index (Phi) is 8.30. The molecule has 0 aromatic heterocycles. The normalized spacial score (nSPS) is 17.2. The molecular weight excluding hydrogens is 448 g/mol. The Morgan fingerprint density at radius 3 is 2.31 bits per heavy atom. The van der Waals surface area contributed by atoms with Crippen molar-refractivity contribution < 1.29 is 29.0 Å². The Hall–Kier alpha value is -3.65. The van der Waals surface area contributed by atoms with Gasteiger partial charge >= 0.3 is 5.97 Å². The van der Waals surface area contributed by atoms with Gasteiger partial charge < -0.3 is 24.4 Å². The summed E-state index contributed by atoms with van der Waals surface area (Å²) in [6.07, 6.45) is 0. The van der Waals surface area contributed by atoms with E-state index in [9.17, 15) is 19.5 Å². The Balaban J connectivity index is 2.14. The fourth-order valence-corrected chi connectivity index (χ4v) is 4.28. The molecule has 1 fully saturated rings. The number of methoxy groups -OCH3 is 1. The van der Waals surface area contributed by atoms with Crippen LogP contribution in [0.4, 0.5) is 0 Å². The van der Waals surface area contributed by atoms with E-state index in [1.54, 1.807) is 36.4 Å². The molecule has 1 saturated heterocycles. The molecule has 1 unspecified atom stereocenters. The summed E-state index contributed by atoms with van der Waals surface area (Å²) in [4.78, 5) is 41.4. The van der Waals surface area contributed by atoms with Gasteiger partial charge in [-0.15, -0.1) is 0 Å².